The summed E-state index contributed by atoms with van der Waals surface area (Å²) >= 11 is 5.90. The number of carbonyl (C=O) groups excluding carboxylic acids is 1. The van der Waals surface area contributed by atoms with Crippen LogP contribution in [0.3, 0.4) is 0 Å². The number of benzene rings is 3. The summed E-state index contributed by atoms with van der Waals surface area (Å²) in [6.07, 6.45) is -4.46. The van der Waals surface area contributed by atoms with E-state index >= 15 is 0 Å². The highest BCUT2D eigenvalue weighted by atomic mass is 35.5. The predicted octanol–water partition coefficient (Wildman–Crippen LogP) is 5.30. The van der Waals surface area contributed by atoms with Crippen molar-refractivity contribution >= 4 is 33.2 Å². The number of hydrogen-bond acceptors (Lipinski definition) is 3. The number of alkyl halides is 3. The molecule has 0 unspecified atom stereocenters. The molecule has 1 aliphatic rings. The molecule has 0 bridgehead atoms. The fourth-order valence-corrected chi connectivity index (χ4v) is 5.03. The van der Waals surface area contributed by atoms with Crippen molar-refractivity contribution in [3.8, 4) is 11.1 Å². The van der Waals surface area contributed by atoms with Gasteiger partial charge in [0.1, 0.15) is 0 Å². The van der Waals surface area contributed by atoms with Gasteiger partial charge in [-0.1, -0.05) is 41.9 Å². The Morgan fingerprint density at radius 3 is 2.00 bits per heavy atom. The van der Waals surface area contributed by atoms with E-state index in [1.807, 2.05) is 12.1 Å². The van der Waals surface area contributed by atoms with E-state index in [1.54, 1.807) is 42.5 Å². The molecular weight excluding hydrogens is 489 g/mol. The van der Waals surface area contributed by atoms with E-state index < -0.39 is 22.1 Å². The summed E-state index contributed by atoms with van der Waals surface area (Å²) < 4.78 is 66.6. The molecule has 0 aromatic heterocycles. The van der Waals surface area contributed by atoms with Crippen molar-refractivity contribution in [2.45, 2.75) is 23.9 Å². The Bertz CT molecular complexity index is 1310. The van der Waals surface area contributed by atoms with E-state index in [1.165, 1.54) is 12.1 Å². The third-order valence-corrected chi connectivity index (χ3v) is 7.28. The number of hydrogen-bond donors (Lipinski definition) is 1. The van der Waals surface area contributed by atoms with E-state index in [0.717, 1.165) is 21.6 Å². The Kier molecular flexibility index (Phi) is 6.60. The molecule has 1 amide bonds. The number of rotatable bonds is 4. The zero-order valence-electron chi connectivity index (χ0n) is 17.8. The molecule has 4 rings (SSSR count). The second kappa shape index (κ2) is 9.31. The van der Waals surface area contributed by atoms with Crippen LogP contribution in [-0.2, 0) is 27.7 Å². The van der Waals surface area contributed by atoms with Gasteiger partial charge in [-0.15, -0.1) is 0 Å². The Hall–Kier alpha value is -3.04. The molecule has 1 aliphatic heterocycles. The number of sulfonamides is 1. The quantitative estimate of drug-likeness (QED) is 0.520. The third-order valence-electron chi connectivity index (χ3n) is 5.63. The molecule has 0 fully saturated rings. The lowest BCUT2D eigenvalue weighted by molar-refractivity contribution is -0.185. The minimum atomic E-state index is -4.92. The van der Waals surface area contributed by atoms with Crippen LogP contribution in [0.15, 0.2) is 71.6 Å². The van der Waals surface area contributed by atoms with Crippen LogP contribution >= 0.6 is 11.6 Å². The van der Waals surface area contributed by atoms with Gasteiger partial charge >= 0.3 is 12.1 Å². The smallest absolute Gasteiger partial charge is 0.334 e. The number of nitrogens with one attached hydrogen (secondary N) is 1. The molecule has 0 saturated carbocycles. The molecule has 1 N–H and O–H groups in total. The summed E-state index contributed by atoms with van der Waals surface area (Å²) in [6, 6.07) is 18.4. The fraction of sp³-hybridized carbons (Fsp3) is 0.208. The van der Waals surface area contributed by atoms with E-state index in [9.17, 15) is 26.4 Å². The molecular formula is C24H20ClF3N2O3S. The SMILES string of the molecule is O=C(N1CCc2ccc(NS(=O)(=O)c3ccc(-c4ccc(Cl)cc4)cc3)cc2CC1)C(F)(F)F. The van der Waals surface area contributed by atoms with Crippen molar-refractivity contribution in [2.24, 2.45) is 0 Å². The monoisotopic (exact) mass is 508 g/mol. The van der Waals surface area contributed by atoms with Gasteiger partial charge in [0.2, 0.25) is 0 Å². The van der Waals surface area contributed by atoms with Gasteiger partial charge < -0.3 is 4.90 Å². The van der Waals surface area contributed by atoms with Gasteiger partial charge in [0.25, 0.3) is 10.0 Å². The Labute approximate surface area is 200 Å². The molecule has 34 heavy (non-hydrogen) atoms. The number of fused-ring (bicyclic) bond motifs is 1. The maximum atomic E-state index is 12.9. The van der Waals surface area contributed by atoms with Crippen molar-refractivity contribution < 1.29 is 26.4 Å². The maximum Gasteiger partial charge on any atom is 0.471 e. The van der Waals surface area contributed by atoms with Gasteiger partial charge in [-0.25, -0.2) is 8.42 Å². The zero-order valence-corrected chi connectivity index (χ0v) is 19.3. The van der Waals surface area contributed by atoms with Crippen LogP contribution in [0.2, 0.25) is 5.02 Å². The van der Waals surface area contributed by atoms with Crippen LogP contribution in [0, 0.1) is 0 Å². The molecule has 10 heteroatoms. The average Bonchev–Trinajstić information content (AvgIpc) is 3.00. The molecule has 1 heterocycles. The Balaban J connectivity index is 1.49. The number of halogens is 4. The van der Waals surface area contributed by atoms with Crippen LogP contribution in [-0.4, -0.2) is 38.5 Å². The van der Waals surface area contributed by atoms with Gasteiger partial charge in [0, 0.05) is 23.8 Å². The normalized spacial score (nSPS) is 14.3. The number of nitrogens with zero attached hydrogens (tertiary/aromatic N) is 1. The molecule has 0 aliphatic carbocycles. The predicted molar refractivity (Wildman–Crippen MR) is 124 cm³/mol. The van der Waals surface area contributed by atoms with Crippen LogP contribution in [0.1, 0.15) is 11.1 Å². The van der Waals surface area contributed by atoms with Crippen molar-refractivity contribution in [3.05, 3.63) is 82.9 Å². The van der Waals surface area contributed by atoms with E-state index in [4.69, 9.17) is 11.6 Å². The first kappa shape index (κ1) is 24.1. The molecule has 3 aromatic rings. The van der Waals surface area contributed by atoms with E-state index in [0.29, 0.717) is 16.3 Å². The molecule has 3 aromatic carbocycles. The highest BCUT2D eigenvalue weighted by Crippen LogP contribution is 2.27. The van der Waals surface area contributed by atoms with Crippen LogP contribution in [0.5, 0.6) is 0 Å². The molecule has 0 radical (unpaired) electrons. The summed E-state index contributed by atoms with van der Waals surface area (Å²) in [7, 11) is -3.88. The van der Waals surface area contributed by atoms with Crippen LogP contribution in [0.25, 0.3) is 11.1 Å². The number of anilines is 1. The second-order valence-corrected chi connectivity index (χ2v) is 10.0. The van der Waals surface area contributed by atoms with Gasteiger partial charge in [0.05, 0.1) is 4.90 Å². The van der Waals surface area contributed by atoms with E-state index in [-0.39, 0.29) is 30.8 Å². The fourth-order valence-electron chi connectivity index (χ4n) is 3.85. The first-order chi connectivity index (χ1) is 16.0. The zero-order chi connectivity index (χ0) is 24.5. The Morgan fingerprint density at radius 2 is 1.41 bits per heavy atom. The maximum absolute atomic E-state index is 12.9. The summed E-state index contributed by atoms with van der Waals surface area (Å²) in [5.41, 5.74) is 3.52. The highest BCUT2D eigenvalue weighted by Gasteiger charge is 2.42. The first-order valence-electron chi connectivity index (χ1n) is 10.4. The van der Waals surface area contributed by atoms with Gasteiger partial charge in [-0.2, -0.15) is 13.2 Å². The number of carbonyl (C=O) groups is 1. The van der Waals surface area contributed by atoms with Crippen molar-refractivity contribution in [1.29, 1.82) is 0 Å². The highest BCUT2D eigenvalue weighted by molar-refractivity contribution is 7.92. The standard InChI is InChI=1S/C24H20ClF3N2O3S/c25-20-6-1-16(2-7-20)17-4-9-22(10-5-17)34(32,33)29-21-8-3-18-11-13-30(14-12-19(18)15-21)23(31)24(26,27)28/h1-10,15,29H,11-14H2. The molecule has 0 atom stereocenters. The lowest BCUT2D eigenvalue weighted by Crippen LogP contribution is -2.42. The minimum Gasteiger partial charge on any atom is -0.334 e. The molecule has 0 saturated heterocycles. The van der Waals surface area contributed by atoms with Crippen molar-refractivity contribution in [3.63, 3.8) is 0 Å². The average molecular weight is 509 g/mol. The minimum absolute atomic E-state index is 0.0453. The molecule has 178 valence electrons. The molecule has 0 spiro atoms. The second-order valence-electron chi connectivity index (χ2n) is 7.91. The van der Waals surface area contributed by atoms with Gasteiger partial charge in [-0.3, -0.25) is 9.52 Å². The Morgan fingerprint density at radius 1 is 0.853 bits per heavy atom. The molecule has 5 nitrogen and oxygen atoms in total. The number of amides is 1. The summed E-state index contributed by atoms with van der Waals surface area (Å²) in [6.45, 7) is -0.135. The lowest BCUT2D eigenvalue weighted by Gasteiger charge is -2.21. The first-order valence-corrected chi connectivity index (χ1v) is 12.3. The summed E-state index contributed by atoms with van der Waals surface area (Å²) in [5, 5.41) is 0.604. The van der Waals surface area contributed by atoms with Crippen LogP contribution < -0.4 is 4.72 Å². The van der Waals surface area contributed by atoms with Gasteiger partial charge in [-0.05, 0) is 71.5 Å². The van der Waals surface area contributed by atoms with Crippen LogP contribution in [0.4, 0.5) is 18.9 Å². The summed E-state index contributed by atoms with van der Waals surface area (Å²) in [4.78, 5) is 12.4. The topological polar surface area (TPSA) is 66.5 Å². The lowest BCUT2D eigenvalue weighted by atomic mass is 10.0. The van der Waals surface area contributed by atoms with E-state index in [2.05, 4.69) is 4.72 Å². The largest absolute Gasteiger partial charge is 0.471 e. The third kappa shape index (κ3) is 5.37. The summed E-state index contributed by atoms with van der Waals surface area (Å²) in [5.74, 6) is -1.86. The van der Waals surface area contributed by atoms with Crippen molar-refractivity contribution in [2.75, 3.05) is 17.8 Å². The van der Waals surface area contributed by atoms with Crippen molar-refractivity contribution in [1.82, 2.24) is 4.90 Å². The van der Waals surface area contributed by atoms with Gasteiger partial charge in [0.15, 0.2) is 0 Å².